The molecule has 2 aromatic rings. The second-order valence-corrected chi connectivity index (χ2v) is 6.81. The molecule has 1 aromatic heterocycles. The standard InChI is InChI=1S/C21H26N4O3/c1-3-28-21(27)25-12-10-16(11-13-25)23-19-9-8-17(14-22-19)24-20(26)18-7-5-4-6-15(18)2/h4-9,14,16H,3,10-13H2,1-2H3,(H,22,23)(H,24,26). The number of rotatable bonds is 5. The number of pyridine rings is 1. The van der Waals surface area contributed by atoms with Gasteiger partial charge < -0.3 is 20.3 Å². The number of aromatic nitrogens is 1. The van der Waals surface area contributed by atoms with Crippen LogP contribution in [0.1, 0.15) is 35.7 Å². The van der Waals surface area contributed by atoms with Crippen molar-refractivity contribution >= 4 is 23.5 Å². The van der Waals surface area contributed by atoms with Gasteiger partial charge in [-0.05, 0) is 50.5 Å². The summed E-state index contributed by atoms with van der Waals surface area (Å²) in [7, 11) is 0. The van der Waals surface area contributed by atoms with Gasteiger partial charge in [-0.1, -0.05) is 18.2 Å². The fraction of sp³-hybridized carbons (Fsp3) is 0.381. The van der Waals surface area contributed by atoms with E-state index in [2.05, 4.69) is 15.6 Å². The number of likely N-dealkylation sites (tertiary alicyclic amines) is 1. The summed E-state index contributed by atoms with van der Waals surface area (Å²) < 4.78 is 5.04. The van der Waals surface area contributed by atoms with Crippen LogP contribution in [0.5, 0.6) is 0 Å². The first-order valence-corrected chi connectivity index (χ1v) is 9.58. The molecule has 1 saturated heterocycles. The number of aryl methyl sites for hydroxylation is 1. The fourth-order valence-corrected chi connectivity index (χ4v) is 3.21. The van der Waals surface area contributed by atoms with E-state index >= 15 is 0 Å². The lowest BCUT2D eigenvalue weighted by Crippen LogP contribution is -2.42. The van der Waals surface area contributed by atoms with Crippen LogP contribution in [0.15, 0.2) is 42.6 Å². The van der Waals surface area contributed by atoms with Gasteiger partial charge in [0.1, 0.15) is 5.82 Å². The second kappa shape index (κ2) is 9.21. The van der Waals surface area contributed by atoms with Crippen molar-refractivity contribution in [2.75, 3.05) is 30.3 Å². The molecule has 0 bridgehead atoms. The maximum absolute atomic E-state index is 12.4. The summed E-state index contributed by atoms with van der Waals surface area (Å²) in [5.74, 6) is 0.607. The first-order valence-electron chi connectivity index (χ1n) is 9.58. The molecule has 148 valence electrons. The Labute approximate surface area is 165 Å². The summed E-state index contributed by atoms with van der Waals surface area (Å²) in [6, 6.07) is 11.4. The Balaban J connectivity index is 1.51. The molecule has 3 rings (SSSR count). The van der Waals surface area contributed by atoms with Gasteiger partial charge in [-0.3, -0.25) is 4.79 Å². The van der Waals surface area contributed by atoms with Crippen molar-refractivity contribution in [2.45, 2.75) is 32.7 Å². The zero-order chi connectivity index (χ0) is 19.9. The zero-order valence-electron chi connectivity index (χ0n) is 16.3. The molecule has 0 aliphatic carbocycles. The van der Waals surface area contributed by atoms with E-state index in [1.165, 1.54) is 0 Å². The number of amides is 2. The number of piperidine rings is 1. The van der Waals surface area contributed by atoms with Gasteiger partial charge in [0.05, 0.1) is 18.5 Å². The average Bonchev–Trinajstić information content (AvgIpc) is 2.70. The molecule has 0 spiro atoms. The third kappa shape index (κ3) is 5.00. The van der Waals surface area contributed by atoms with E-state index in [-0.39, 0.29) is 18.0 Å². The van der Waals surface area contributed by atoms with Gasteiger partial charge in [-0.25, -0.2) is 9.78 Å². The van der Waals surface area contributed by atoms with Crippen LogP contribution in [-0.4, -0.2) is 47.6 Å². The Kier molecular flexibility index (Phi) is 6.47. The van der Waals surface area contributed by atoms with Crippen LogP contribution >= 0.6 is 0 Å². The molecule has 2 N–H and O–H groups in total. The van der Waals surface area contributed by atoms with Crippen LogP contribution in [0.3, 0.4) is 0 Å². The number of carbonyl (C=O) groups excluding carboxylic acids is 2. The molecular formula is C21H26N4O3. The van der Waals surface area contributed by atoms with Gasteiger partial charge in [-0.15, -0.1) is 0 Å². The Morgan fingerprint density at radius 1 is 1.18 bits per heavy atom. The molecule has 1 fully saturated rings. The molecule has 0 atom stereocenters. The van der Waals surface area contributed by atoms with Crippen molar-refractivity contribution in [1.29, 1.82) is 0 Å². The summed E-state index contributed by atoms with van der Waals surface area (Å²) in [5.41, 5.74) is 2.23. The van der Waals surface area contributed by atoms with Crippen LogP contribution in [0.2, 0.25) is 0 Å². The first kappa shape index (κ1) is 19.7. The Morgan fingerprint density at radius 3 is 2.57 bits per heavy atom. The van der Waals surface area contributed by atoms with Gasteiger partial charge in [0.2, 0.25) is 0 Å². The summed E-state index contributed by atoms with van der Waals surface area (Å²) in [4.78, 5) is 30.3. The highest BCUT2D eigenvalue weighted by molar-refractivity contribution is 6.05. The van der Waals surface area contributed by atoms with E-state index in [0.29, 0.717) is 30.9 Å². The molecule has 1 aliphatic heterocycles. The number of nitrogens with zero attached hydrogens (tertiary/aromatic N) is 2. The van der Waals surface area contributed by atoms with E-state index in [4.69, 9.17) is 4.74 Å². The van der Waals surface area contributed by atoms with E-state index < -0.39 is 0 Å². The number of carbonyl (C=O) groups is 2. The number of benzene rings is 1. The van der Waals surface area contributed by atoms with Crippen LogP contribution in [0, 0.1) is 6.92 Å². The molecule has 0 saturated carbocycles. The van der Waals surface area contributed by atoms with Crippen LogP contribution in [0.25, 0.3) is 0 Å². The monoisotopic (exact) mass is 382 g/mol. The van der Waals surface area contributed by atoms with Gasteiger partial charge in [-0.2, -0.15) is 0 Å². The van der Waals surface area contributed by atoms with Crippen molar-refractivity contribution in [1.82, 2.24) is 9.88 Å². The predicted molar refractivity (Wildman–Crippen MR) is 109 cm³/mol. The largest absolute Gasteiger partial charge is 0.450 e. The van der Waals surface area contributed by atoms with Crippen molar-refractivity contribution in [2.24, 2.45) is 0 Å². The average molecular weight is 382 g/mol. The van der Waals surface area contributed by atoms with Crippen molar-refractivity contribution in [3.05, 3.63) is 53.7 Å². The fourth-order valence-electron chi connectivity index (χ4n) is 3.21. The van der Waals surface area contributed by atoms with Gasteiger partial charge in [0, 0.05) is 24.7 Å². The number of hydrogen-bond acceptors (Lipinski definition) is 5. The van der Waals surface area contributed by atoms with Gasteiger partial charge >= 0.3 is 6.09 Å². The van der Waals surface area contributed by atoms with E-state index in [1.807, 2.05) is 44.2 Å². The minimum atomic E-state index is -0.243. The second-order valence-electron chi connectivity index (χ2n) is 6.81. The number of ether oxygens (including phenoxy) is 1. The Hall–Kier alpha value is -3.09. The number of nitrogens with one attached hydrogen (secondary N) is 2. The van der Waals surface area contributed by atoms with Crippen LogP contribution in [-0.2, 0) is 4.74 Å². The maximum atomic E-state index is 12.4. The highest BCUT2D eigenvalue weighted by Crippen LogP contribution is 2.18. The minimum absolute atomic E-state index is 0.146. The van der Waals surface area contributed by atoms with E-state index in [1.54, 1.807) is 17.2 Å². The maximum Gasteiger partial charge on any atom is 0.409 e. The highest BCUT2D eigenvalue weighted by atomic mass is 16.6. The summed E-state index contributed by atoms with van der Waals surface area (Å²) >= 11 is 0. The molecule has 28 heavy (non-hydrogen) atoms. The smallest absolute Gasteiger partial charge is 0.409 e. The van der Waals surface area contributed by atoms with Crippen molar-refractivity contribution in [3.63, 3.8) is 0 Å². The lowest BCUT2D eigenvalue weighted by Gasteiger charge is -2.31. The van der Waals surface area contributed by atoms with Crippen LogP contribution in [0.4, 0.5) is 16.3 Å². The van der Waals surface area contributed by atoms with Gasteiger partial charge in [0.15, 0.2) is 0 Å². The summed E-state index contributed by atoms with van der Waals surface area (Å²) in [5, 5.41) is 6.26. The third-order valence-electron chi connectivity index (χ3n) is 4.78. The summed E-state index contributed by atoms with van der Waals surface area (Å²) in [6.45, 7) is 5.45. The molecule has 1 aliphatic rings. The quantitative estimate of drug-likeness (QED) is 0.824. The Bertz CT molecular complexity index is 815. The number of anilines is 2. The Morgan fingerprint density at radius 2 is 1.93 bits per heavy atom. The summed E-state index contributed by atoms with van der Waals surface area (Å²) in [6.07, 6.45) is 3.08. The predicted octanol–water partition coefficient (Wildman–Crippen LogP) is 3.68. The van der Waals surface area contributed by atoms with Crippen molar-refractivity contribution in [3.8, 4) is 0 Å². The molecular weight excluding hydrogens is 356 g/mol. The normalized spacial score (nSPS) is 14.4. The molecule has 0 unspecified atom stereocenters. The minimum Gasteiger partial charge on any atom is -0.450 e. The van der Waals surface area contributed by atoms with Crippen molar-refractivity contribution < 1.29 is 14.3 Å². The molecule has 0 radical (unpaired) electrons. The highest BCUT2D eigenvalue weighted by Gasteiger charge is 2.23. The lowest BCUT2D eigenvalue weighted by molar-refractivity contribution is 0.0981. The lowest BCUT2D eigenvalue weighted by atomic mass is 10.1. The zero-order valence-corrected chi connectivity index (χ0v) is 16.3. The SMILES string of the molecule is CCOC(=O)N1CCC(Nc2ccc(NC(=O)c3ccccc3C)cn2)CC1. The topological polar surface area (TPSA) is 83.6 Å². The van der Waals surface area contributed by atoms with E-state index in [9.17, 15) is 9.59 Å². The van der Waals surface area contributed by atoms with E-state index in [0.717, 1.165) is 24.2 Å². The number of hydrogen-bond donors (Lipinski definition) is 2. The molecule has 1 aromatic carbocycles. The first-order chi connectivity index (χ1) is 13.6. The van der Waals surface area contributed by atoms with Gasteiger partial charge in [0.25, 0.3) is 5.91 Å². The molecule has 7 nitrogen and oxygen atoms in total. The van der Waals surface area contributed by atoms with Crippen LogP contribution < -0.4 is 10.6 Å². The molecule has 2 amide bonds. The third-order valence-corrected chi connectivity index (χ3v) is 4.78. The molecule has 7 heteroatoms. The molecule has 2 heterocycles.